The molecule has 1 saturated carbocycles. The monoisotopic (exact) mass is 249 g/mol. The van der Waals surface area contributed by atoms with E-state index in [9.17, 15) is 0 Å². The van der Waals surface area contributed by atoms with Gasteiger partial charge in [0.2, 0.25) is 0 Å². The van der Waals surface area contributed by atoms with Crippen molar-refractivity contribution in [3.05, 3.63) is 35.9 Å². The van der Waals surface area contributed by atoms with Crippen LogP contribution in [0.3, 0.4) is 0 Å². The van der Waals surface area contributed by atoms with E-state index in [0.717, 1.165) is 13.0 Å². The third-order valence-electron chi connectivity index (χ3n) is 4.49. The van der Waals surface area contributed by atoms with Crippen LogP contribution in [0.25, 0.3) is 0 Å². The van der Waals surface area contributed by atoms with E-state index in [1.807, 2.05) is 0 Å². The Balaban J connectivity index is 1.89. The number of hydrogen-bond donors (Lipinski definition) is 1. The zero-order valence-corrected chi connectivity index (χ0v) is 10.9. The number of piperidine rings is 1. The highest BCUT2D eigenvalue weighted by molar-refractivity contribution is 6.24. The highest BCUT2D eigenvalue weighted by Crippen LogP contribution is 2.49. The van der Waals surface area contributed by atoms with Gasteiger partial charge in [0.1, 0.15) is 0 Å². The minimum Gasteiger partial charge on any atom is -0.310 e. The topological polar surface area (TPSA) is 12.0 Å². The lowest BCUT2D eigenvalue weighted by molar-refractivity contribution is 0.157. The summed E-state index contributed by atoms with van der Waals surface area (Å²) in [6.45, 7) is 1.06. The summed E-state index contributed by atoms with van der Waals surface area (Å²) in [4.78, 5) is 0.0595. The van der Waals surface area contributed by atoms with E-state index in [-0.39, 0.29) is 4.87 Å². The Morgan fingerprint density at radius 3 is 2.76 bits per heavy atom. The van der Waals surface area contributed by atoms with Crippen LogP contribution in [0.4, 0.5) is 0 Å². The number of hydrogen-bond acceptors (Lipinski definition) is 1. The van der Waals surface area contributed by atoms with Crippen molar-refractivity contribution in [1.82, 2.24) is 5.32 Å². The first-order valence-corrected chi connectivity index (χ1v) is 7.15. The number of halogens is 1. The second kappa shape index (κ2) is 4.62. The van der Waals surface area contributed by atoms with E-state index in [2.05, 4.69) is 35.6 Å². The summed E-state index contributed by atoms with van der Waals surface area (Å²) in [5.74, 6) is 0.606. The largest absolute Gasteiger partial charge is 0.310 e. The maximum Gasteiger partial charge on any atom is 0.0505 e. The lowest BCUT2D eigenvalue weighted by Crippen LogP contribution is -2.50. The van der Waals surface area contributed by atoms with Crippen molar-refractivity contribution in [1.29, 1.82) is 0 Å². The van der Waals surface area contributed by atoms with Crippen molar-refractivity contribution in [2.75, 3.05) is 6.54 Å². The Labute approximate surface area is 109 Å². The molecule has 2 fully saturated rings. The molecular formula is C15H20ClN. The van der Waals surface area contributed by atoms with E-state index >= 15 is 0 Å². The molecule has 1 saturated heterocycles. The fourth-order valence-corrected chi connectivity index (χ4v) is 4.05. The molecule has 1 nitrogen and oxygen atoms in total. The molecule has 1 N–H and O–H groups in total. The first kappa shape index (κ1) is 11.6. The van der Waals surface area contributed by atoms with E-state index in [1.54, 1.807) is 0 Å². The quantitative estimate of drug-likeness (QED) is 0.745. The summed E-state index contributed by atoms with van der Waals surface area (Å²) in [5, 5.41) is 3.68. The Morgan fingerprint density at radius 1 is 1.12 bits per heavy atom. The molecule has 1 heterocycles. The first-order valence-electron chi connectivity index (χ1n) is 6.77. The van der Waals surface area contributed by atoms with E-state index in [4.69, 9.17) is 11.6 Å². The summed E-state index contributed by atoms with van der Waals surface area (Å²) < 4.78 is 0. The standard InChI is InChI=1S/C15H20ClN/c16-15-9-5-4-8-13(15)14(17-11-10-15)12-6-2-1-3-7-12/h1-3,6-7,13-14,17H,4-5,8-11H2. The van der Waals surface area contributed by atoms with Crippen LogP contribution in [-0.2, 0) is 0 Å². The lowest BCUT2D eigenvalue weighted by Gasteiger charge is -2.48. The van der Waals surface area contributed by atoms with Crippen LogP contribution < -0.4 is 5.32 Å². The van der Waals surface area contributed by atoms with Gasteiger partial charge in [-0.2, -0.15) is 0 Å². The van der Waals surface area contributed by atoms with Gasteiger partial charge in [-0.05, 0) is 37.3 Å². The fraction of sp³-hybridized carbons (Fsp3) is 0.600. The summed E-state index contributed by atoms with van der Waals surface area (Å²) in [5.41, 5.74) is 1.41. The van der Waals surface area contributed by atoms with Crippen LogP contribution in [0.5, 0.6) is 0 Å². The zero-order valence-electron chi connectivity index (χ0n) is 10.2. The molecule has 1 aliphatic carbocycles. The number of fused-ring (bicyclic) bond motifs is 1. The molecule has 0 bridgehead atoms. The third-order valence-corrected chi connectivity index (χ3v) is 5.15. The number of nitrogens with one attached hydrogen (secondary N) is 1. The molecule has 0 amide bonds. The minimum atomic E-state index is 0.0595. The van der Waals surface area contributed by atoms with Crippen LogP contribution in [0.15, 0.2) is 30.3 Å². The van der Waals surface area contributed by atoms with Crippen molar-refractivity contribution in [2.45, 2.75) is 43.0 Å². The highest BCUT2D eigenvalue weighted by Gasteiger charge is 2.45. The maximum absolute atomic E-state index is 6.88. The minimum absolute atomic E-state index is 0.0595. The number of benzene rings is 1. The summed E-state index contributed by atoms with van der Waals surface area (Å²) in [6.07, 6.45) is 6.24. The molecule has 3 atom stereocenters. The average molecular weight is 250 g/mol. The summed E-state index contributed by atoms with van der Waals surface area (Å²) >= 11 is 6.88. The Bertz CT molecular complexity index is 374. The smallest absolute Gasteiger partial charge is 0.0505 e. The molecular weight excluding hydrogens is 230 g/mol. The molecule has 0 radical (unpaired) electrons. The Morgan fingerprint density at radius 2 is 1.94 bits per heavy atom. The molecule has 1 aliphatic heterocycles. The predicted octanol–water partition coefficient (Wildman–Crippen LogP) is 3.89. The van der Waals surface area contributed by atoms with Crippen LogP contribution in [0.1, 0.15) is 43.7 Å². The third kappa shape index (κ3) is 2.11. The predicted molar refractivity (Wildman–Crippen MR) is 72.3 cm³/mol. The van der Waals surface area contributed by atoms with Crippen molar-refractivity contribution in [3.8, 4) is 0 Å². The van der Waals surface area contributed by atoms with E-state index < -0.39 is 0 Å². The van der Waals surface area contributed by atoms with Gasteiger partial charge in [0, 0.05) is 6.04 Å². The van der Waals surface area contributed by atoms with Crippen LogP contribution in [0.2, 0.25) is 0 Å². The molecule has 0 spiro atoms. The Hall–Kier alpha value is -0.530. The second-order valence-corrected chi connectivity index (χ2v) is 6.23. The normalized spacial score (nSPS) is 37.5. The van der Waals surface area contributed by atoms with Gasteiger partial charge in [-0.1, -0.05) is 43.2 Å². The Kier molecular flexibility index (Phi) is 3.14. The summed E-state index contributed by atoms with van der Waals surface area (Å²) in [6, 6.07) is 11.3. The number of alkyl halides is 1. The van der Waals surface area contributed by atoms with Crippen LogP contribution in [0, 0.1) is 5.92 Å². The van der Waals surface area contributed by atoms with Crippen molar-refractivity contribution in [2.24, 2.45) is 5.92 Å². The first-order chi connectivity index (χ1) is 8.30. The van der Waals surface area contributed by atoms with Gasteiger partial charge in [0.15, 0.2) is 0 Å². The second-order valence-electron chi connectivity index (χ2n) is 5.48. The molecule has 1 aromatic carbocycles. The SMILES string of the molecule is ClC12CCCCC1C(c1ccccc1)NCC2. The fourth-order valence-electron chi connectivity index (χ4n) is 3.59. The molecule has 3 rings (SSSR count). The molecule has 3 unspecified atom stereocenters. The van der Waals surface area contributed by atoms with Crippen LogP contribution in [-0.4, -0.2) is 11.4 Å². The number of rotatable bonds is 1. The van der Waals surface area contributed by atoms with Gasteiger partial charge >= 0.3 is 0 Å². The lowest BCUT2D eigenvalue weighted by atomic mass is 9.69. The van der Waals surface area contributed by atoms with Gasteiger partial charge in [-0.15, -0.1) is 11.6 Å². The van der Waals surface area contributed by atoms with E-state index in [1.165, 1.54) is 31.2 Å². The molecule has 17 heavy (non-hydrogen) atoms. The van der Waals surface area contributed by atoms with Crippen LogP contribution >= 0.6 is 11.6 Å². The van der Waals surface area contributed by atoms with Gasteiger partial charge in [0.25, 0.3) is 0 Å². The van der Waals surface area contributed by atoms with Crippen molar-refractivity contribution >= 4 is 11.6 Å². The van der Waals surface area contributed by atoms with Gasteiger partial charge in [-0.25, -0.2) is 0 Å². The van der Waals surface area contributed by atoms with E-state index in [0.29, 0.717) is 12.0 Å². The van der Waals surface area contributed by atoms with Crippen molar-refractivity contribution < 1.29 is 0 Å². The molecule has 92 valence electrons. The maximum atomic E-state index is 6.88. The molecule has 0 aromatic heterocycles. The molecule has 1 aromatic rings. The van der Waals surface area contributed by atoms with Gasteiger partial charge < -0.3 is 5.32 Å². The van der Waals surface area contributed by atoms with Gasteiger partial charge in [0.05, 0.1) is 4.87 Å². The molecule has 2 heteroatoms. The molecule has 2 aliphatic rings. The highest BCUT2D eigenvalue weighted by atomic mass is 35.5. The summed E-state index contributed by atoms with van der Waals surface area (Å²) in [7, 11) is 0. The van der Waals surface area contributed by atoms with Gasteiger partial charge in [-0.3, -0.25) is 0 Å². The average Bonchev–Trinajstić information content (AvgIpc) is 2.38. The zero-order chi connectivity index (χ0) is 11.7. The van der Waals surface area contributed by atoms with Crippen molar-refractivity contribution in [3.63, 3.8) is 0 Å².